The summed E-state index contributed by atoms with van der Waals surface area (Å²) < 4.78 is 10.4. The van der Waals surface area contributed by atoms with E-state index in [-0.39, 0.29) is 12.7 Å². The molecule has 0 saturated heterocycles. The number of anilines is 1. The van der Waals surface area contributed by atoms with Gasteiger partial charge in [0.05, 0.1) is 17.8 Å². The highest BCUT2D eigenvalue weighted by atomic mass is 16.7. The summed E-state index contributed by atoms with van der Waals surface area (Å²) in [7, 11) is 0. The lowest BCUT2D eigenvalue weighted by Crippen LogP contribution is -2.24. The fourth-order valence-electron chi connectivity index (χ4n) is 1.84. The van der Waals surface area contributed by atoms with Crippen molar-refractivity contribution in [1.82, 2.24) is 15.3 Å². The van der Waals surface area contributed by atoms with E-state index in [2.05, 4.69) is 15.3 Å². The van der Waals surface area contributed by atoms with Crippen LogP contribution >= 0.6 is 0 Å². The number of carbonyl (C=O) groups is 1. The highest BCUT2D eigenvalue weighted by molar-refractivity contribution is 6.00. The second kappa shape index (κ2) is 5.04. The van der Waals surface area contributed by atoms with Crippen molar-refractivity contribution in [2.45, 2.75) is 6.54 Å². The smallest absolute Gasteiger partial charge is 0.253 e. The lowest BCUT2D eigenvalue weighted by Gasteiger charge is -2.08. The molecule has 1 aliphatic rings. The third-order valence-corrected chi connectivity index (χ3v) is 2.86. The highest BCUT2D eigenvalue weighted by Gasteiger charge is 2.19. The third kappa shape index (κ3) is 2.33. The molecule has 7 heteroatoms. The highest BCUT2D eigenvalue weighted by Crippen LogP contribution is 2.35. The summed E-state index contributed by atoms with van der Waals surface area (Å²) in [6.07, 6.45) is 3.04. The molecule has 2 heterocycles. The summed E-state index contributed by atoms with van der Waals surface area (Å²) >= 11 is 0. The Bertz CT molecular complexity index is 646. The van der Waals surface area contributed by atoms with Crippen molar-refractivity contribution in [3.8, 4) is 11.5 Å². The first-order valence-electron chi connectivity index (χ1n) is 5.96. The average Bonchev–Trinajstić information content (AvgIpc) is 2.92. The molecule has 1 aromatic heterocycles. The van der Waals surface area contributed by atoms with Crippen molar-refractivity contribution < 1.29 is 14.3 Å². The number of hydrogen-bond acceptors (Lipinski definition) is 6. The minimum absolute atomic E-state index is 0.140. The van der Waals surface area contributed by atoms with E-state index in [0.29, 0.717) is 35.0 Å². The van der Waals surface area contributed by atoms with Crippen molar-refractivity contribution in [3.05, 3.63) is 42.0 Å². The number of nitrogens with two attached hydrogens (primary N) is 1. The molecule has 0 radical (unpaired) electrons. The van der Waals surface area contributed by atoms with E-state index in [1.165, 1.54) is 6.33 Å². The summed E-state index contributed by atoms with van der Waals surface area (Å²) in [6.45, 7) is 0.440. The molecular formula is C13H12N4O3. The molecule has 0 atom stereocenters. The Balaban J connectivity index is 1.74. The standard InChI is InChI=1S/C13H12N4O3/c14-10-4-12-11(19-7-20-12)3-9(10)13(18)16-5-8-1-2-15-6-17-8/h1-4,6H,5,7,14H2,(H,16,18). The number of aromatic nitrogens is 2. The molecule has 1 aromatic carbocycles. The Hall–Kier alpha value is -2.83. The maximum absolute atomic E-state index is 12.1. The van der Waals surface area contributed by atoms with Gasteiger partial charge < -0.3 is 20.5 Å². The first-order chi connectivity index (χ1) is 9.74. The van der Waals surface area contributed by atoms with Gasteiger partial charge >= 0.3 is 0 Å². The van der Waals surface area contributed by atoms with Gasteiger partial charge in [-0.2, -0.15) is 0 Å². The van der Waals surface area contributed by atoms with E-state index in [1.807, 2.05) is 0 Å². The van der Waals surface area contributed by atoms with Gasteiger partial charge in [0.25, 0.3) is 5.91 Å². The van der Waals surface area contributed by atoms with Crippen LogP contribution in [0.15, 0.2) is 30.7 Å². The van der Waals surface area contributed by atoms with E-state index in [4.69, 9.17) is 15.2 Å². The molecule has 0 spiro atoms. The zero-order valence-corrected chi connectivity index (χ0v) is 10.5. The van der Waals surface area contributed by atoms with Crippen LogP contribution in [0.5, 0.6) is 11.5 Å². The molecule has 3 N–H and O–H groups in total. The van der Waals surface area contributed by atoms with Gasteiger partial charge in [0.2, 0.25) is 6.79 Å². The number of ether oxygens (including phenoxy) is 2. The van der Waals surface area contributed by atoms with Crippen molar-refractivity contribution in [3.63, 3.8) is 0 Å². The van der Waals surface area contributed by atoms with Gasteiger partial charge in [-0.05, 0) is 12.1 Å². The summed E-state index contributed by atoms with van der Waals surface area (Å²) in [5.74, 6) is 0.778. The molecule has 1 aliphatic heterocycles. The van der Waals surface area contributed by atoms with Gasteiger partial charge in [-0.1, -0.05) is 0 Å². The number of nitrogen functional groups attached to an aromatic ring is 1. The third-order valence-electron chi connectivity index (χ3n) is 2.86. The number of benzene rings is 1. The number of fused-ring (bicyclic) bond motifs is 1. The SMILES string of the molecule is Nc1cc2c(cc1C(=O)NCc1ccncn1)OCO2. The summed E-state index contributed by atoms with van der Waals surface area (Å²) in [6, 6.07) is 4.89. The summed E-state index contributed by atoms with van der Waals surface area (Å²) in [5, 5.41) is 2.74. The number of nitrogens with one attached hydrogen (secondary N) is 1. The van der Waals surface area contributed by atoms with Crippen LogP contribution in [0.1, 0.15) is 16.1 Å². The van der Waals surface area contributed by atoms with Crippen LogP contribution in [-0.2, 0) is 6.54 Å². The number of hydrogen-bond donors (Lipinski definition) is 2. The van der Waals surface area contributed by atoms with Crippen LogP contribution in [0, 0.1) is 0 Å². The minimum atomic E-state index is -0.292. The quantitative estimate of drug-likeness (QED) is 0.799. The van der Waals surface area contributed by atoms with Gasteiger partial charge in [0, 0.05) is 18.0 Å². The zero-order valence-electron chi connectivity index (χ0n) is 10.5. The second-order valence-electron chi connectivity index (χ2n) is 4.18. The van der Waals surface area contributed by atoms with Crippen LogP contribution in [0.25, 0.3) is 0 Å². The van der Waals surface area contributed by atoms with E-state index >= 15 is 0 Å². The molecule has 7 nitrogen and oxygen atoms in total. The summed E-state index contributed by atoms with van der Waals surface area (Å²) in [4.78, 5) is 19.9. The molecule has 3 rings (SSSR count). The van der Waals surface area contributed by atoms with Crippen LogP contribution in [0.3, 0.4) is 0 Å². The predicted octanol–water partition coefficient (Wildman–Crippen LogP) is 0.717. The molecule has 20 heavy (non-hydrogen) atoms. The maximum Gasteiger partial charge on any atom is 0.253 e. The van der Waals surface area contributed by atoms with E-state index in [9.17, 15) is 4.79 Å². The van der Waals surface area contributed by atoms with Crippen LogP contribution < -0.4 is 20.5 Å². The van der Waals surface area contributed by atoms with Gasteiger partial charge in [-0.3, -0.25) is 4.79 Å². The fourth-order valence-corrected chi connectivity index (χ4v) is 1.84. The molecule has 102 valence electrons. The molecule has 0 saturated carbocycles. The largest absolute Gasteiger partial charge is 0.454 e. The van der Waals surface area contributed by atoms with Crippen molar-refractivity contribution in [2.24, 2.45) is 0 Å². The zero-order chi connectivity index (χ0) is 13.9. The molecule has 0 bridgehead atoms. The lowest BCUT2D eigenvalue weighted by atomic mass is 10.1. The topological polar surface area (TPSA) is 99.4 Å². The lowest BCUT2D eigenvalue weighted by molar-refractivity contribution is 0.0951. The molecule has 2 aromatic rings. The number of amides is 1. The van der Waals surface area contributed by atoms with Crippen LogP contribution in [0.2, 0.25) is 0 Å². The van der Waals surface area contributed by atoms with Crippen LogP contribution in [-0.4, -0.2) is 22.7 Å². The Morgan fingerprint density at radius 2 is 2.15 bits per heavy atom. The van der Waals surface area contributed by atoms with E-state index in [0.717, 1.165) is 0 Å². The maximum atomic E-state index is 12.1. The molecule has 0 aliphatic carbocycles. The van der Waals surface area contributed by atoms with Gasteiger partial charge in [0.1, 0.15) is 6.33 Å². The molecule has 0 fully saturated rings. The van der Waals surface area contributed by atoms with Gasteiger partial charge in [-0.25, -0.2) is 9.97 Å². The normalized spacial score (nSPS) is 12.2. The predicted molar refractivity (Wildman–Crippen MR) is 70.2 cm³/mol. The number of nitrogens with zero attached hydrogens (tertiary/aromatic N) is 2. The fraction of sp³-hybridized carbons (Fsp3) is 0.154. The summed E-state index contributed by atoms with van der Waals surface area (Å²) in [5.41, 5.74) is 7.25. The van der Waals surface area contributed by atoms with Crippen molar-refractivity contribution in [2.75, 3.05) is 12.5 Å². The molecular weight excluding hydrogens is 260 g/mol. The van der Waals surface area contributed by atoms with Crippen molar-refractivity contribution in [1.29, 1.82) is 0 Å². The monoisotopic (exact) mass is 272 g/mol. The van der Waals surface area contributed by atoms with Gasteiger partial charge in [0.15, 0.2) is 11.5 Å². The number of rotatable bonds is 3. The van der Waals surface area contributed by atoms with E-state index in [1.54, 1.807) is 24.4 Å². The first kappa shape index (κ1) is 12.2. The number of carbonyl (C=O) groups excluding carboxylic acids is 1. The van der Waals surface area contributed by atoms with Gasteiger partial charge in [-0.15, -0.1) is 0 Å². The average molecular weight is 272 g/mol. The Labute approximate surface area is 114 Å². The second-order valence-corrected chi connectivity index (χ2v) is 4.18. The first-order valence-corrected chi connectivity index (χ1v) is 5.96. The van der Waals surface area contributed by atoms with E-state index < -0.39 is 0 Å². The Kier molecular flexibility index (Phi) is 3.08. The Morgan fingerprint density at radius 3 is 2.90 bits per heavy atom. The molecule has 1 amide bonds. The van der Waals surface area contributed by atoms with Crippen LogP contribution in [0.4, 0.5) is 5.69 Å². The minimum Gasteiger partial charge on any atom is -0.454 e. The Morgan fingerprint density at radius 1 is 1.35 bits per heavy atom. The van der Waals surface area contributed by atoms with Crippen molar-refractivity contribution >= 4 is 11.6 Å². The molecule has 0 unspecified atom stereocenters.